The van der Waals surface area contributed by atoms with Crippen molar-refractivity contribution in [2.45, 2.75) is 44.8 Å². The molecule has 0 saturated carbocycles. The number of ether oxygens (including phenoxy) is 2. The van der Waals surface area contributed by atoms with Gasteiger partial charge in [-0.1, -0.05) is 18.2 Å². The van der Waals surface area contributed by atoms with Gasteiger partial charge in [0.05, 0.1) is 4.88 Å². The van der Waals surface area contributed by atoms with Crippen LogP contribution in [-0.4, -0.2) is 39.8 Å². The Hall–Kier alpha value is -3.37. The first kappa shape index (κ1) is 20.5. The summed E-state index contributed by atoms with van der Waals surface area (Å²) in [6.07, 6.45) is -1.53. The second-order valence-electron chi connectivity index (χ2n) is 7.88. The lowest BCUT2D eigenvalue weighted by atomic mass is 10.1. The number of para-hydroxylation sites is 2. The van der Waals surface area contributed by atoms with E-state index in [9.17, 15) is 9.59 Å². The second-order valence-corrected chi connectivity index (χ2v) is 8.82. The van der Waals surface area contributed by atoms with Crippen molar-refractivity contribution in [2.24, 2.45) is 0 Å². The number of carbonyl (C=O) groups is 2. The van der Waals surface area contributed by atoms with Gasteiger partial charge in [-0.15, -0.1) is 11.3 Å². The fraction of sp³-hybridized carbons (Fsp3) is 0.318. The number of aromatic nitrogens is 2. The molecule has 4 heterocycles. The van der Waals surface area contributed by atoms with Crippen LogP contribution in [0.3, 0.4) is 0 Å². The number of thiophene rings is 1. The van der Waals surface area contributed by atoms with E-state index in [4.69, 9.17) is 9.47 Å². The summed E-state index contributed by atoms with van der Waals surface area (Å²) >= 11 is 1.54. The molecule has 1 saturated heterocycles. The molecule has 1 fully saturated rings. The molecule has 5 rings (SSSR count). The highest BCUT2D eigenvalue weighted by atomic mass is 32.1. The predicted molar refractivity (Wildman–Crippen MR) is 120 cm³/mol. The maximum Gasteiger partial charge on any atom is 0.270 e. The molecule has 1 aromatic carbocycles. The zero-order valence-electron chi connectivity index (χ0n) is 17.6. The van der Waals surface area contributed by atoms with Gasteiger partial charge in [0.2, 0.25) is 12.0 Å². The minimum Gasteiger partial charge on any atom is -0.482 e. The number of carbonyl (C=O) groups excluding carboxylic acids is 2. The zero-order chi connectivity index (χ0) is 22.2. The van der Waals surface area contributed by atoms with Crippen LogP contribution in [0, 0.1) is 0 Å². The number of anilines is 1. The number of hydrogen-bond donors (Lipinski definition) is 3. The number of fused-ring (bicyclic) bond motifs is 1. The molecular formula is C22H23N5O4S. The van der Waals surface area contributed by atoms with Crippen LogP contribution in [0.5, 0.6) is 11.5 Å². The molecule has 2 aliphatic rings. The van der Waals surface area contributed by atoms with Crippen LogP contribution >= 0.6 is 11.3 Å². The van der Waals surface area contributed by atoms with Gasteiger partial charge < -0.3 is 20.1 Å². The third-order valence-corrected chi connectivity index (χ3v) is 6.23. The quantitative estimate of drug-likeness (QED) is 0.561. The van der Waals surface area contributed by atoms with Crippen molar-refractivity contribution < 1.29 is 19.1 Å². The Kier molecular flexibility index (Phi) is 5.32. The van der Waals surface area contributed by atoms with Crippen LogP contribution in [0.1, 0.15) is 26.6 Å². The standard InChI is InChI=1S/C22H23N5O4S/c1-12-10-19(28)25-22(23-12)27-18(11-14(26-27)17-8-5-9-32-17)24-21(29)20-13(2)30-15-6-3-4-7-16(15)31-20/h3-9,11-13,20,22-23H,10H2,1-2H3,(H,24,29)(H,25,28). The topological polar surface area (TPSA) is 107 Å². The maximum atomic E-state index is 13.2. The summed E-state index contributed by atoms with van der Waals surface area (Å²) in [4.78, 5) is 26.3. The molecule has 2 aromatic heterocycles. The van der Waals surface area contributed by atoms with Gasteiger partial charge in [0.25, 0.3) is 5.91 Å². The van der Waals surface area contributed by atoms with Gasteiger partial charge in [-0.25, -0.2) is 4.68 Å². The first-order valence-corrected chi connectivity index (χ1v) is 11.3. The molecule has 2 aliphatic heterocycles. The van der Waals surface area contributed by atoms with E-state index >= 15 is 0 Å². The molecule has 4 atom stereocenters. The lowest BCUT2D eigenvalue weighted by Crippen LogP contribution is -2.53. The monoisotopic (exact) mass is 453 g/mol. The Morgan fingerprint density at radius 1 is 1.19 bits per heavy atom. The van der Waals surface area contributed by atoms with Crippen molar-refractivity contribution in [2.75, 3.05) is 5.32 Å². The van der Waals surface area contributed by atoms with Gasteiger partial charge in [0.15, 0.2) is 17.8 Å². The van der Waals surface area contributed by atoms with Crippen LogP contribution in [-0.2, 0) is 9.59 Å². The van der Waals surface area contributed by atoms with E-state index in [2.05, 4.69) is 21.0 Å². The summed E-state index contributed by atoms with van der Waals surface area (Å²) in [5, 5.41) is 15.7. The van der Waals surface area contributed by atoms with Crippen LogP contribution in [0.2, 0.25) is 0 Å². The van der Waals surface area contributed by atoms with Crippen LogP contribution < -0.4 is 25.4 Å². The van der Waals surface area contributed by atoms with Crippen molar-refractivity contribution in [1.29, 1.82) is 0 Å². The molecule has 32 heavy (non-hydrogen) atoms. The van der Waals surface area contributed by atoms with Gasteiger partial charge in [-0.2, -0.15) is 5.10 Å². The molecule has 2 amide bonds. The zero-order valence-corrected chi connectivity index (χ0v) is 18.4. The molecule has 0 spiro atoms. The number of amides is 2. The Bertz CT molecular complexity index is 1150. The number of rotatable bonds is 4. The molecule has 0 radical (unpaired) electrons. The van der Waals surface area contributed by atoms with E-state index in [0.717, 1.165) is 4.88 Å². The average Bonchev–Trinajstić information content (AvgIpc) is 3.42. The van der Waals surface area contributed by atoms with Gasteiger partial charge in [0.1, 0.15) is 17.6 Å². The molecule has 3 N–H and O–H groups in total. The molecular weight excluding hydrogens is 430 g/mol. The Morgan fingerprint density at radius 3 is 2.69 bits per heavy atom. The molecule has 4 unspecified atom stereocenters. The minimum absolute atomic E-state index is 0.0294. The van der Waals surface area contributed by atoms with Crippen LogP contribution in [0.15, 0.2) is 47.8 Å². The average molecular weight is 454 g/mol. The highest BCUT2D eigenvalue weighted by Crippen LogP contribution is 2.34. The first-order valence-electron chi connectivity index (χ1n) is 10.4. The molecule has 9 nitrogen and oxygen atoms in total. The molecule has 0 aliphatic carbocycles. The van der Waals surface area contributed by atoms with Crippen molar-refractivity contribution in [3.63, 3.8) is 0 Å². The SMILES string of the molecule is CC1CC(=O)NC(n2nc(-c3cccs3)cc2NC(=O)C2Oc3ccccc3OC2C)N1. The lowest BCUT2D eigenvalue weighted by Gasteiger charge is -2.32. The summed E-state index contributed by atoms with van der Waals surface area (Å²) in [6, 6.07) is 12.9. The minimum atomic E-state index is -0.841. The maximum absolute atomic E-state index is 13.2. The molecule has 166 valence electrons. The molecule has 0 bridgehead atoms. The van der Waals surface area contributed by atoms with E-state index < -0.39 is 18.5 Å². The van der Waals surface area contributed by atoms with Gasteiger partial charge in [-0.3, -0.25) is 14.9 Å². The van der Waals surface area contributed by atoms with Gasteiger partial charge >= 0.3 is 0 Å². The predicted octanol–water partition coefficient (Wildman–Crippen LogP) is 2.73. The number of benzene rings is 1. The second kappa shape index (κ2) is 8.29. The van der Waals surface area contributed by atoms with E-state index in [1.54, 1.807) is 41.1 Å². The van der Waals surface area contributed by atoms with E-state index in [1.165, 1.54) is 0 Å². The number of nitrogens with one attached hydrogen (secondary N) is 3. The van der Waals surface area contributed by atoms with E-state index in [0.29, 0.717) is 29.4 Å². The van der Waals surface area contributed by atoms with Crippen molar-refractivity contribution in [3.05, 3.63) is 47.8 Å². The Balaban J connectivity index is 1.43. The normalized spacial score (nSPS) is 24.6. The third-order valence-electron chi connectivity index (χ3n) is 5.34. The summed E-state index contributed by atoms with van der Waals surface area (Å²) in [6.45, 7) is 3.72. The first-order chi connectivity index (χ1) is 15.5. The van der Waals surface area contributed by atoms with Crippen LogP contribution in [0.4, 0.5) is 5.82 Å². The fourth-order valence-electron chi connectivity index (χ4n) is 3.82. The smallest absolute Gasteiger partial charge is 0.270 e. The molecule has 10 heteroatoms. The van der Waals surface area contributed by atoms with Crippen LogP contribution in [0.25, 0.3) is 10.6 Å². The lowest BCUT2D eigenvalue weighted by molar-refractivity contribution is -0.128. The van der Waals surface area contributed by atoms with Crippen molar-refractivity contribution in [1.82, 2.24) is 20.4 Å². The van der Waals surface area contributed by atoms with Crippen molar-refractivity contribution in [3.8, 4) is 22.1 Å². The summed E-state index contributed by atoms with van der Waals surface area (Å²) < 4.78 is 13.4. The number of nitrogens with zero attached hydrogens (tertiary/aromatic N) is 2. The van der Waals surface area contributed by atoms with Crippen molar-refractivity contribution >= 4 is 29.0 Å². The third kappa shape index (κ3) is 3.94. The van der Waals surface area contributed by atoms with Gasteiger partial charge in [-0.05, 0) is 37.4 Å². The Labute approximate surface area is 188 Å². The summed E-state index contributed by atoms with van der Waals surface area (Å²) in [5.74, 6) is 1.13. The highest BCUT2D eigenvalue weighted by Gasteiger charge is 2.35. The molecule has 3 aromatic rings. The summed E-state index contributed by atoms with van der Waals surface area (Å²) in [5.41, 5.74) is 0.698. The van der Waals surface area contributed by atoms with Gasteiger partial charge in [0, 0.05) is 18.5 Å². The van der Waals surface area contributed by atoms with E-state index in [1.807, 2.05) is 36.6 Å². The Morgan fingerprint density at radius 2 is 1.97 bits per heavy atom. The van der Waals surface area contributed by atoms with E-state index in [-0.39, 0.29) is 17.9 Å². The fourth-order valence-corrected chi connectivity index (χ4v) is 4.51. The number of hydrogen-bond acceptors (Lipinski definition) is 7. The highest BCUT2D eigenvalue weighted by molar-refractivity contribution is 7.13. The summed E-state index contributed by atoms with van der Waals surface area (Å²) in [7, 11) is 0. The largest absolute Gasteiger partial charge is 0.482 e.